The monoisotopic (exact) mass is 304 g/mol. The Bertz CT molecular complexity index is 498. The van der Waals surface area contributed by atoms with Crippen LogP contribution in [0.15, 0.2) is 24.3 Å². The number of hydrogen-bond donors (Lipinski definition) is 2. The first kappa shape index (κ1) is 15.4. The molecule has 0 radical (unpaired) electrons. The van der Waals surface area contributed by atoms with Crippen LogP contribution < -0.4 is 10.1 Å². The van der Waals surface area contributed by atoms with Gasteiger partial charge in [0.15, 0.2) is 0 Å². The summed E-state index contributed by atoms with van der Waals surface area (Å²) < 4.78 is 39.9. The van der Waals surface area contributed by atoms with E-state index in [0.717, 1.165) is 5.56 Å². The number of alkyl halides is 3. The maximum absolute atomic E-state index is 12.0. The van der Waals surface area contributed by atoms with Crippen LogP contribution in [-0.4, -0.2) is 41.6 Å². The second-order valence-electron chi connectivity index (χ2n) is 4.89. The number of nitrogens with zero attached hydrogens (tertiary/aromatic N) is 1. The highest BCUT2D eigenvalue weighted by Gasteiger charge is 2.32. The largest absolute Gasteiger partial charge is 0.573 e. The van der Waals surface area contributed by atoms with Crippen LogP contribution in [0.1, 0.15) is 18.5 Å². The smallest absolute Gasteiger partial charge is 0.465 e. The molecular formula is C13H15F3N2O3. The maximum atomic E-state index is 12.0. The molecule has 0 aromatic heterocycles. The van der Waals surface area contributed by atoms with Crippen molar-refractivity contribution in [3.05, 3.63) is 29.8 Å². The summed E-state index contributed by atoms with van der Waals surface area (Å²) in [5.74, 6) is -0.265. The highest BCUT2D eigenvalue weighted by Crippen LogP contribution is 2.24. The summed E-state index contributed by atoms with van der Waals surface area (Å²) >= 11 is 0. The first-order valence-electron chi connectivity index (χ1n) is 6.34. The van der Waals surface area contributed by atoms with Crippen LogP contribution >= 0.6 is 0 Å². The summed E-state index contributed by atoms with van der Waals surface area (Å²) in [6.07, 6.45) is -5.65. The lowest BCUT2D eigenvalue weighted by atomic mass is 10.0. The van der Waals surface area contributed by atoms with E-state index >= 15 is 0 Å². The number of amides is 1. The predicted octanol–water partition coefficient (Wildman–Crippen LogP) is 2.60. The fraction of sp³-hybridized carbons (Fsp3) is 0.462. The van der Waals surface area contributed by atoms with Gasteiger partial charge < -0.3 is 20.1 Å². The third-order valence-electron chi connectivity index (χ3n) is 3.25. The van der Waals surface area contributed by atoms with Crippen molar-refractivity contribution in [3.8, 4) is 5.75 Å². The number of likely N-dealkylation sites (tertiary alicyclic amines) is 1. The third kappa shape index (κ3) is 4.25. The van der Waals surface area contributed by atoms with E-state index in [1.807, 2.05) is 6.92 Å². The second kappa shape index (κ2) is 5.80. The van der Waals surface area contributed by atoms with E-state index in [9.17, 15) is 18.0 Å². The molecule has 116 valence electrons. The number of halogens is 3. The molecule has 0 spiro atoms. The minimum atomic E-state index is -4.70. The number of hydrogen-bond acceptors (Lipinski definition) is 3. The molecule has 2 rings (SSSR count). The van der Waals surface area contributed by atoms with Crippen LogP contribution in [0.3, 0.4) is 0 Å². The highest BCUT2D eigenvalue weighted by atomic mass is 19.4. The van der Waals surface area contributed by atoms with Gasteiger partial charge in [0.1, 0.15) is 5.75 Å². The number of nitrogens with one attached hydrogen (secondary N) is 1. The predicted molar refractivity (Wildman–Crippen MR) is 68.1 cm³/mol. The number of ether oxygens (including phenoxy) is 1. The third-order valence-corrected chi connectivity index (χ3v) is 3.25. The Morgan fingerprint density at radius 2 is 1.95 bits per heavy atom. The highest BCUT2D eigenvalue weighted by molar-refractivity contribution is 5.66. The van der Waals surface area contributed by atoms with Gasteiger partial charge in [-0.05, 0) is 24.6 Å². The van der Waals surface area contributed by atoms with E-state index in [1.165, 1.54) is 17.0 Å². The summed E-state index contributed by atoms with van der Waals surface area (Å²) in [5, 5.41) is 11.9. The summed E-state index contributed by atoms with van der Waals surface area (Å²) in [4.78, 5) is 11.9. The van der Waals surface area contributed by atoms with Crippen LogP contribution in [0.4, 0.5) is 18.0 Å². The van der Waals surface area contributed by atoms with Crippen molar-refractivity contribution in [2.75, 3.05) is 13.1 Å². The molecule has 5 nitrogen and oxygen atoms in total. The normalized spacial score (nSPS) is 17.2. The molecule has 0 bridgehead atoms. The zero-order valence-electron chi connectivity index (χ0n) is 11.2. The topological polar surface area (TPSA) is 61.8 Å². The fourth-order valence-corrected chi connectivity index (χ4v) is 2.15. The van der Waals surface area contributed by atoms with E-state index in [2.05, 4.69) is 10.1 Å². The van der Waals surface area contributed by atoms with Gasteiger partial charge in [0.05, 0.1) is 0 Å². The van der Waals surface area contributed by atoms with E-state index in [4.69, 9.17) is 5.11 Å². The Kier molecular flexibility index (Phi) is 4.26. The lowest BCUT2D eigenvalue weighted by molar-refractivity contribution is -0.274. The Morgan fingerprint density at radius 1 is 1.38 bits per heavy atom. The summed E-state index contributed by atoms with van der Waals surface area (Å²) in [7, 11) is 0. The van der Waals surface area contributed by atoms with Crippen molar-refractivity contribution >= 4 is 6.09 Å². The van der Waals surface area contributed by atoms with Gasteiger partial charge in [-0.15, -0.1) is 13.2 Å². The van der Waals surface area contributed by atoms with Crippen molar-refractivity contribution in [2.24, 2.45) is 0 Å². The molecule has 1 unspecified atom stereocenters. The molecular weight excluding hydrogens is 289 g/mol. The van der Waals surface area contributed by atoms with Gasteiger partial charge in [0.25, 0.3) is 0 Å². The Hall–Kier alpha value is -1.96. The summed E-state index contributed by atoms with van der Waals surface area (Å²) in [6, 6.07) is 5.57. The molecule has 1 aromatic carbocycles. The van der Waals surface area contributed by atoms with Crippen LogP contribution in [0, 0.1) is 0 Å². The van der Waals surface area contributed by atoms with E-state index in [0.29, 0.717) is 13.1 Å². The molecule has 1 aliphatic heterocycles. The lowest BCUT2D eigenvalue weighted by Gasteiger charge is -2.39. The van der Waals surface area contributed by atoms with Crippen LogP contribution in [0.5, 0.6) is 5.75 Å². The fourth-order valence-electron chi connectivity index (χ4n) is 2.15. The van der Waals surface area contributed by atoms with E-state index < -0.39 is 12.5 Å². The van der Waals surface area contributed by atoms with Gasteiger partial charge in [0, 0.05) is 25.2 Å². The number of rotatable bonds is 4. The molecule has 1 aromatic rings. The molecule has 1 atom stereocenters. The molecule has 8 heteroatoms. The van der Waals surface area contributed by atoms with Crippen LogP contribution in [0.25, 0.3) is 0 Å². The SMILES string of the molecule is CC(NC1CN(C(=O)O)C1)c1ccc(OC(F)(F)F)cc1. The lowest BCUT2D eigenvalue weighted by Crippen LogP contribution is -2.59. The minimum absolute atomic E-state index is 0.0576. The zero-order chi connectivity index (χ0) is 15.6. The molecule has 1 fully saturated rings. The van der Waals surface area contributed by atoms with Gasteiger partial charge in [-0.3, -0.25) is 0 Å². The first-order valence-corrected chi connectivity index (χ1v) is 6.34. The Balaban J connectivity index is 1.86. The van der Waals surface area contributed by atoms with E-state index in [-0.39, 0.29) is 17.8 Å². The number of benzene rings is 1. The van der Waals surface area contributed by atoms with Gasteiger partial charge in [-0.25, -0.2) is 4.79 Å². The number of carbonyl (C=O) groups is 1. The number of carboxylic acid groups (broad SMARTS) is 1. The maximum Gasteiger partial charge on any atom is 0.573 e. The zero-order valence-corrected chi connectivity index (χ0v) is 11.2. The Labute approximate surface area is 119 Å². The molecule has 21 heavy (non-hydrogen) atoms. The van der Waals surface area contributed by atoms with Crippen LogP contribution in [0.2, 0.25) is 0 Å². The molecule has 2 N–H and O–H groups in total. The molecule has 0 aliphatic carbocycles. The van der Waals surface area contributed by atoms with Crippen molar-refractivity contribution in [1.29, 1.82) is 0 Å². The van der Waals surface area contributed by atoms with Gasteiger partial charge in [0.2, 0.25) is 0 Å². The van der Waals surface area contributed by atoms with Crippen molar-refractivity contribution in [1.82, 2.24) is 10.2 Å². The first-order chi connectivity index (χ1) is 9.74. The Morgan fingerprint density at radius 3 is 2.43 bits per heavy atom. The molecule has 1 heterocycles. The van der Waals surface area contributed by atoms with Crippen molar-refractivity contribution < 1.29 is 27.8 Å². The molecule has 1 amide bonds. The van der Waals surface area contributed by atoms with Gasteiger partial charge >= 0.3 is 12.5 Å². The minimum Gasteiger partial charge on any atom is -0.465 e. The van der Waals surface area contributed by atoms with Crippen molar-refractivity contribution in [2.45, 2.75) is 25.4 Å². The average Bonchev–Trinajstić information content (AvgIpc) is 2.31. The quantitative estimate of drug-likeness (QED) is 0.897. The summed E-state index contributed by atoms with van der Waals surface area (Å²) in [6.45, 7) is 2.69. The molecule has 1 aliphatic rings. The van der Waals surface area contributed by atoms with Crippen molar-refractivity contribution in [3.63, 3.8) is 0 Å². The average molecular weight is 304 g/mol. The standard InChI is InChI=1S/C13H15F3N2O3/c1-8(17-10-6-18(7-10)12(19)20)9-2-4-11(5-3-9)21-13(14,15)16/h2-5,8,10,17H,6-7H2,1H3,(H,19,20). The van der Waals surface area contributed by atoms with Crippen LogP contribution in [-0.2, 0) is 0 Å². The molecule has 0 saturated carbocycles. The summed E-state index contributed by atoms with van der Waals surface area (Å²) in [5.41, 5.74) is 0.804. The van der Waals surface area contributed by atoms with Gasteiger partial charge in [-0.2, -0.15) is 0 Å². The molecule has 1 saturated heterocycles. The van der Waals surface area contributed by atoms with Gasteiger partial charge in [-0.1, -0.05) is 12.1 Å². The van der Waals surface area contributed by atoms with E-state index in [1.54, 1.807) is 12.1 Å². The second-order valence-corrected chi connectivity index (χ2v) is 4.89.